The van der Waals surface area contributed by atoms with Gasteiger partial charge in [0.15, 0.2) is 5.76 Å². The van der Waals surface area contributed by atoms with E-state index in [4.69, 9.17) is 20.4 Å². The van der Waals surface area contributed by atoms with Crippen LogP contribution >= 0.6 is 0 Å². The normalized spacial score (nSPS) is 37.7. The highest BCUT2D eigenvalue weighted by molar-refractivity contribution is 5.03. The third kappa shape index (κ3) is 1.45. The van der Waals surface area contributed by atoms with E-state index in [1.165, 1.54) is 0 Å². The second-order valence-electron chi connectivity index (χ2n) is 2.34. The summed E-state index contributed by atoms with van der Waals surface area (Å²) in [5.41, 5.74) is 0. The van der Waals surface area contributed by atoms with E-state index in [1.807, 2.05) is 0 Å². The highest BCUT2D eigenvalue weighted by Gasteiger charge is 2.33. The number of rotatable bonds is 1. The average Bonchev–Trinajstić information content (AvgIpc) is 2.01. The Balaban J connectivity index is 2.68. The van der Waals surface area contributed by atoms with Crippen molar-refractivity contribution in [2.75, 3.05) is 6.61 Å². The Morgan fingerprint density at radius 1 is 1.45 bits per heavy atom. The number of hydrogen-bond acceptors (Lipinski definition) is 5. The summed E-state index contributed by atoms with van der Waals surface area (Å²) in [6.45, 7) is -0.401. The SMILES string of the molecule is OCC1OC=C(O)C(O)C1O. The molecule has 0 aromatic rings. The van der Waals surface area contributed by atoms with Crippen LogP contribution in [0.5, 0.6) is 0 Å². The van der Waals surface area contributed by atoms with Gasteiger partial charge in [-0.3, -0.25) is 0 Å². The first-order valence-corrected chi connectivity index (χ1v) is 3.18. The number of aliphatic hydroxyl groups is 4. The molecular weight excluding hydrogens is 152 g/mol. The third-order valence-electron chi connectivity index (χ3n) is 1.55. The van der Waals surface area contributed by atoms with E-state index in [9.17, 15) is 0 Å². The predicted molar refractivity (Wildman–Crippen MR) is 34.7 cm³/mol. The van der Waals surface area contributed by atoms with Crippen LogP contribution in [0.3, 0.4) is 0 Å². The zero-order chi connectivity index (χ0) is 8.43. The minimum atomic E-state index is -1.36. The van der Waals surface area contributed by atoms with Crippen LogP contribution in [0.15, 0.2) is 12.0 Å². The molecule has 1 rings (SSSR count). The summed E-state index contributed by atoms with van der Waals surface area (Å²) in [6.07, 6.45) is -2.58. The van der Waals surface area contributed by atoms with Crippen molar-refractivity contribution in [2.24, 2.45) is 0 Å². The molecule has 0 bridgehead atoms. The lowest BCUT2D eigenvalue weighted by atomic mass is 10.1. The van der Waals surface area contributed by atoms with Crippen LogP contribution in [-0.2, 0) is 4.74 Å². The van der Waals surface area contributed by atoms with Crippen LogP contribution in [0.1, 0.15) is 0 Å². The van der Waals surface area contributed by atoms with Crippen LogP contribution in [0.25, 0.3) is 0 Å². The molecule has 0 radical (unpaired) electrons. The molecule has 4 N–H and O–H groups in total. The molecule has 11 heavy (non-hydrogen) atoms. The zero-order valence-electron chi connectivity index (χ0n) is 5.71. The molecule has 64 valence electrons. The van der Waals surface area contributed by atoms with E-state index in [0.717, 1.165) is 6.26 Å². The lowest BCUT2D eigenvalue weighted by Gasteiger charge is -2.28. The summed E-state index contributed by atoms with van der Waals surface area (Å²) in [4.78, 5) is 0. The Bertz CT molecular complexity index is 166. The predicted octanol–water partition coefficient (Wildman–Crippen LogP) is -1.50. The van der Waals surface area contributed by atoms with Gasteiger partial charge in [0.25, 0.3) is 0 Å². The molecule has 0 fully saturated rings. The van der Waals surface area contributed by atoms with Crippen molar-refractivity contribution in [3.63, 3.8) is 0 Å². The van der Waals surface area contributed by atoms with E-state index in [0.29, 0.717) is 0 Å². The van der Waals surface area contributed by atoms with Crippen molar-refractivity contribution in [1.82, 2.24) is 0 Å². The van der Waals surface area contributed by atoms with Crippen molar-refractivity contribution in [3.8, 4) is 0 Å². The van der Waals surface area contributed by atoms with Gasteiger partial charge in [-0.05, 0) is 0 Å². The number of aliphatic hydroxyl groups excluding tert-OH is 4. The minimum absolute atomic E-state index is 0.401. The first-order valence-electron chi connectivity index (χ1n) is 3.18. The molecular formula is C6H10O5. The van der Waals surface area contributed by atoms with Gasteiger partial charge in [0.2, 0.25) is 0 Å². The van der Waals surface area contributed by atoms with Gasteiger partial charge in [-0.1, -0.05) is 0 Å². The Morgan fingerprint density at radius 2 is 2.09 bits per heavy atom. The molecule has 0 spiro atoms. The Morgan fingerprint density at radius 3 is 2.64 bits per heavy atom. The second-order valence-corrected chi connectivity index (χ2v) is 2.34. The number of hydrogen-bond donors (Lipinski definition) is 4. The van der Waals surface area contributed by atoms with Crippen molar-refractivity contribution < 1.29 is 25.2 Å². The molecule has 1 aliphatic heterocycles. The van der Waals surface area contributed by atoms with Crippen molar-refractivity contribution in [2.45, 2.75) is 18.3 Å². The van der Waals surface area contributed by atoms with Crippen LogP contribution < -0.4 is 0 Å². The van der Waals surface area contributed by atoms with E-state index >= 15 is 0 Å². The maximum Gasteiger partial charge on any atom is 0.158 e. The van der Waals surface area contributed by atoms with E-state index in [-0.39, 0.29) is 0 Å². The van der Waals surface area contributed by atoms with Gasteiger partial charge in [0.05, 0.1) is 6.61 Å². The van der Waals surface area contributed by atoms with E-state index in [1.54, 1.807) is 0 Å². The molecule has 0 aliphatic carbocycles. The maximum absolute atomic E-state index is 9.07. The largest absolute Gasteiger partial charge is 0.506 e. The van der Waals surface area contributed by atoms with Gasteiger partial charge < -0.3 is 25.2 Å². The fraction of sp³-hybridized carbons (Fsp3) is 0.667. The molecule has 1 aliphatic rings. The van der Waals surface area contributed by atoms with Gasteiger partial charge in [0, 0.05) is 0 Å². The molecule has 3 atom stereocenters. The molecule has 1 heterocycles. The summed E-state index contributed by atoms with van der Waals surface area (Å²) in [6, 6.07) is 0. The molecule has 5 heteroatoms. The van der Waals surface area contributed by atoms with Crippen LogP contribution in [0.4, 0.5) is 0 Å². The van der Waals surface area contributed by atoms with Gasteiger partial charge in [-0.15, -0.1) is 0 Å². The molecule has 0 saturated heterocycles. The average molecular weight is 162 g/mol. The quantitative estimate of drug-likeness (QED) is 0.376. The summed E-state index contributed by atoms with van der Waals surface area (Å²) >= 11 is 0. The van der Waals surface area contributed by atoms with Gasteiger partial charge in [-0.25, -0.2) is 0 Å². The first kappa shape index (κ1) is 8.32. The Labute approximate surface area is 63.2 Å². The highest BCUT2D eigenvalue weighted by Crippen LogP contribution is 2.16. The van der Waals surface area contributed by atoms with Gasteiger partial charge in [0.1, 0.15) is 24.6 Å². The smallest absolute Gasteiger partial charge is 0.158 e. The Kier molecular flexibility index (Phi) is 2.33. The molecule has 5 nitrogen and oxygen atoms in total. The van der Waals surface area contributed by atoms with Crippen molar-refractivity contribution >= 4 is 0 Å². The van der Waals surface area contributed by atoms with Crippen LogP contribution in [0, 0.1) is 0 Å². The lowest BCUT2D eigenvalue weighted by Crippen LogP contribution is -2.44. The fourth-order valence-electron chi connectivity index (χ4n) is 0.837. The summed E-state index contributed by atoms with van der Waals surface area (Å²) in [5.74, 6) is -0.429. The second kappa shape index (κ2) is 3.08. The molecule has 0 aromatic carbocycles. The maximum atomic E-state index is 9.07. The van der Waals surface area contributed by atoms with E-state index in [2.05, 4.69) is 4.74 Å². The molecule has 0 aromatic heterocycles. The van der Waals surface area contributed by atoms with Crippen molar-refractivity contribution in [1.29, 1.82) is 0 Å². The summed E-state index contributed by atoms with van der Waals surface area (Å²) in [7, 11) is 0. The number of ether oxygens (including phenoxy) is 1. The van der Waals surface area contributed by atoms with Gasteiger partial charge in [-0.2, -0.15) is 0 Å². The molecule has 3 unspecified atom stereocenters. The monoisotopic (exact) mass is 162 g/mol. The standard InChI is InChI=1S/C6H10O5/c7-1-4-6(10)5(9)3(8)2-11-4/h2,4-10H,1H2. The van der Waals surface area contributed by atoms with Crippen LogP contribution in [-0.4, -0.2) is 45.3 Å². The topological polar surface area (TPSA) is 90.2 Å². The summed E-state index contributed by atoms with van der Waals surface area (Å²) in [5, 5.41) is 35.4. The third-order valence-corrected chi connectivity index (χ3v) is 1.55. The molecule has 0 saturated carbocycles. The lowest BCUT2D eigenvalue weighted by molar-refractivity contribution is -0.101. The Hall–Kier alpha value is -0.780. The molecule has 0 amide bonds. The highest BCUT2D eigenvalue weighted by atomic mass is 16.5. The zero-order valence-corrected chi connectivity index (χ0v) is 5.71. The van der Waals surface area contributed by atoms with Crippen molar-refractivity contribution in [3.05, 3.63) is 12.0 Å². The van der Waals surface area contributed by atoms with Crippen LogP contribution in [0.2, 0.25) is 0 Å². The minimum Gasteiger partial charge on any atom is -0.506 e. The van der Waals surface area contributed by atoms with Gasteiger partial charge >= 0.3 is 0 Å². The fourth-order valence-corrected chi connectivity index (χ4v) is 0.837. The first-order chi connectivity index (χ1) is 5.16. The summed E-state index contributed by atoms with van der Waals surface area (Å²) < 4.78 is 4.65. The van der Waals surface area contributed by atoms with E-state index < -0.39 is 30.7 Å².